The Morgan fingerprint density at radius 2 is 1.85 bits per heavy atom. The van der Waals surface area contributed by atoms with E-state index in [9.17, 15) is 18.3 Å². The zero-order valence-corrected chi connectivity index (χ0v) is 15.2. The average Bonchev–Trinajstić information content (AvgIpc) is 2.91. The van der Waals surface area contributed by atoms with Gasteiger partial charge in [-0.3, -0.25) is 0 Å². The van der Waals surface area contributed by atoms with Gasteiger partial charge in [0.2, 0.25) is 5.88 Å². The number of nitrogens with two attached hydrogens (primary N) is 1. The Morgan fingerprint density at radius 1 is 1.15 bits per heavy atom. The van der Waals surface area contributed by atoms with Gasteiger partial charge in [0.25, 0.3) is 0 Å². The first-order valence-electron chi connectivity index (χ1n) is 8.30. The maximum atomic E-state index is 13.0. The van der Waals surface area contributed by atoms with Gasteiger partial charge >= 0.3 is 6.18 Å². The molecule has 0 radical (unpaired) electrons. The standard InChI is InChI=1S/C20H17ClF3NO2/c1-2-5-11-6-4-9-14(16(11)21)18-17(26)15(19(25)27-18)12-7-3-8-13(10-12)20(22,23)24/h3-4,6-10,26H,2,5,25H2,1H3. The van der Waals surface area contributed by atoms with Crippen LogP contribution in [0, 0.1) is 0 Å². The maximum Gasteiger partial charge on any atom is 0.416 e. The third-order valence-electron chi connectivity index (χ3n) is 4.23. The van der Waals surface area contributed by atoms with E-state index in [0.29, 0.717) is 10.6 Å². The number of aromatic hydroxyl groups is 1. The Morgan fingerprint density at radius 3 is 2.52 bits per heavy atom. The van der Waals surface area contributed by atoms with Crippen LogP contribution in [0.1, 0.15) is 24.5 Å². The number of anilines is 1. The van der Waals surface area contributed by atoms with Crippen molar-refractivity contribution in [2.24, 2.45) is 0 Å². The molecule has 0 amide bonds. The lowest BCUT2D eigenvalue weighted by molar-refractivity contribution is -0.137. The molecule has 27 heavy (non-hydrogen) atoms. The Balaban J connectivity index is 2.14. The number of furan rings is 1. The minimum absolute atomic E-state index is 0.00746. The fraction of sp³-hybridized carbons (Fsp3) is 0.200. The van der Waals surface area contributed by atoms with Crippen LogP contribution in [0.5, 0.6) is 5.75 Å². The highest BCUT2D eigenvalue weighted by Crippen LogP contribution is 2.47. The van der Waals surface area contributed by atoms with E-state index in [1.54, 1.807) is 12.1 Å². The zero-order chi connectivity index (χ0) is 19.8. The number of hydrogen-bond acceptors (Lipinski definition) is 3. The van der Waals surface area contributed by atoms with Gasteiger partial charge in [-0.1, -0.05) is 49.2 Å². The predicted octanol–water partition coefficient (Wildman–Crippen LogP) is 6.53. The second-order valence-corrected chi connectivity index (χ2v) is 6.50. The molecule has 0 bridgehead atoms. The van der Waals surface area contributed by atoms with Crippen LogP contribution in [0.25, 0.3) is 22.5 Å². The summed E-state index contributed by atoms with van der Waals surface area (Å²) >= 11 is 6.43. The molecule has 1 heterocycles. The summed E-state index contributed by atoms with van der Waals surface area (Å²) in [5.74, 6) is -0.496. The van der Waals surface area contributed by atoms with Crippen LogP contribution in [-0.4, -0.2) is 5.11 Å². The molecular formula is C20H17ClF3NO2. The van der Waals surface area contributed by atoms with Crippen molar-refractivity contribution in [2.45, 2.75) is 25.9 Å². The molecule has 0 unspecified atom stereocenters. The fourth-order valence-corrected chi connectivity index (χ4v) is 3.28. The number of nitrogen functional groups attached to an aromatic ring is 1. The molecule has 0 saturated heterocycles. The van der Waals surface area contributed by atoms with E-state index in [1.807, 2.05) is 13.0 Å². The van der Waals surface area contributed by atoms with Crippen LogP contribution >= 0.6 is 11.6 Å². The summed E-state index contributed by atoms with van der Waals surface area (Å²) in [6.07, 6.45) is -2.89. The summed E-state index contributed by atoms with van der Waals surface area (Å²) in [7, 11) is 0. The van der Waals surface area contributed by atoms with Crippen LogP contribution in [0.4, 0.5) is 19.1 Å². The molecule has 0 aliphatic heterocycles. The largest absolute Gasteiger partial charge is 0.504 e. The minimum atomic E-state index is -4.51. The van der Waals surface area contributed by atoms with Crippen LogP contribution in [-0.2, 0) is 12.6 Å². The van der Waals surface area contributed by atoms with E-state index in [2.05, 4.69) is 0 Å². The van der Waals surface area contributed by atoms with E-state index in [1.165, 1.54) is 12.1 Å². The maximum absolute atomic E-state index is 13.0. The number of hydrogen-bond donors (Lipinski definition) is 2. The minimum Gasteiger partial charge on any atom is -0.504 e. The third-order valence-corrected chi connectivity index (χ3v) is 4.68. The molecule has 7 heteroatoms. The van der Waals surface area contributed by atoms with Crippen molar-refractivity contribution < 1.29 is 22.7 Å². The zero-order valence-electron chi connectivity index (χ0n) is 14.4. The predicted molar refractivity (Wildman–Crippen MR) is 99.7 cm³/mol. The number of benzene rings is 2. The first-order chi connectivity index (χ1) is 12.7. The van der Waals surface area contributed by atoms with Crippen molar-refractivity contribution in [1.29, 1.82) is 0 Å². The number of halogens is 4. The Kier molecular flexibility index (Phi) is 5.11. The molecule has 0 saturated carbocycles. The quantitative estimate of drug-likeness (QED) is 0.528. The van der Waals surface area contributed by atoms with Gasteiger partial charge in [0.1, 0.15) is 0 Å². The van der Waals surface area contributed by atoms with E-state index in [-0.39, 0.29) is 28.5 Å². The number of alkyl halides is 3. The van der Waals surface area contributed by atoms with Crippen LogP contribution in [0.15, 0.2) is 46.9 Å². The highest BCUT2D eigenvalue weighted by Gasteiger charge is 2.31. The lowest BCUT2D eigenvalue weighted by atomic mass is 10.0. The summed E-state index contributed by atoms with van der Waals surface area (Å²) in [4.78, 5) is 0. The van der Waals surface area contributed by atoms with E-state index in [4.69, 9.17) is 21.8 Å². The molecule has 0 spiro atoms. The molecule has 0 aliphatic rings. The number of aryl methyl sites for hydroxylation is 1. The van der Waals surface area contributed by atoms with Crippen LogP contribution < -0.4 is 5.73 Å². The second kappa shape index (κ2) is 7.19. The van der Waals surface area contributed by atoms with Crippen molar-refractivity contribution in [3.05, 3.63) is 58.6 Å². The SMILES string of the molecule is CCCc1cccc(-c2oc(N)c(-c3cccc(C(F)(F)F)c3)c2O)c1Cl. The molecule has 0 aliphatic carbocycles. The fourth-order valence-electron chi connectivity index (χ4n) is 2.97. The van der Waals surface area contributed by atoms with Crippen molar-refractivity contribution in [3.63, 3.8) is 0 Å². The van der Waals surface area contributed by atoms with Gasteiger partial charge in [0, 0.05) is 5.56 Å². The molecule has 0 atom stereocenters. The average molecular weight is 396 g/mol. The van der Waals surface area contributed by atoms with Gasteiger partial charge in [0.15, 0.2) is 11.5 Å². The highest BCUT2D eigenvalue weighted by atomic mass is 35.5. The number of rotatable bonds is 4. The molecule has 142 valence electrons. The molecule has 1 aromatic heterocycles. The van der Waals surface area contributed by atoms with E-state index >= 15 is 0 Å². The summed E-state index contributed by atoms with van der Waals surface area (Å²) in [5, 5.41) is 11.1. The van der Waals surface area contributed by atoms with Crippen molar-refractivity contribution in [2.75, 3.05) is 5.73 Å². The lowest BCUT2D eigenvalue weighted by Crippen LogP contribution is -2.04. The summed E-state index contributed by atoms with van der Waals surface area (Å²) in [6.45, 7) is 2.01. The van der Waals surface area contributed by atoms with Gasteiger partial charge in [-0.2, -0.15) is 13.2 Å². The first kappa shape index (κ1) is 19.2. The summed E-state index contributed by atoms with van der Waals surface area (Å²) in [6, 6.07) is 9.84. The van der Waals surface area contributed by atoms with Gasteiger partial charge in [-0.15, -0.1) is 0 Å². The van der Waals surface area contributed by atoms with Gasteiger partial charge < -0.3 is 15.3 Å². The Bertz CT molecular complexity index is 980. The van der Waals surface area contributed by atoms with Gasteiger partial charge in [-0.25, -0.2) is 0 Å². The highest BCUT2D eigenvalue weighted by molar-refractivity contribution is 6.34. The molecule has 0 fully saturated rings. The smallest absolute Gasteiger partial charge is 0.416 e. The molecule has 3 aromatic rings. The second-order valence-electron chi connectivity index (χ2n) is 6.13. The molecule has 2 aromatic carbocycles. The topological polar surface area (TPSA) is 59.4 Å². The molecular weight excluding hydrogens is 379 g/mol. The third kappa shape index (κ3) is 3.62. The van der Waals surface area contributed by atoms with E-state index < -0.39 is 11.7 Å². The Hall–Kier alpha value is -2.60. The molecule has 3 N–H and O–H groups in total. The van der Waals surface area contributed by atoms with Gasteiger partial charge in [-0.05, 0) is 35.7 Å². The normalized spacial score (nSPS) is 11.7. The summed E-state index contributed by atoms with van der Waals surface area (Å²) < 4.78 is 44.5. The van der Waals surface area contributed by atoms with E-state index in [0.717, 1.165) is 30.5 Å². The lowest BCUT2D eigenvalue weighted by Gasteiger charge is -2.09. The monoisotopic (exact) mass is 395 g/mol. The first-order valence-corrected chi connectivity index (χ1v) is 8.68. The van der Waals surface area contributed by atoms with Crippen LogP contribution in [0.2, 0.25) is 5.02 Å². The van der Waals surface area contributed by atoms with Crippen molar-refractivity contribution >= 4 is 17.5 Å². The Labute approximate surface area is 159 Å². The van der Waals surface area contributed by atoms with Crippen molar-refractivity contribution in [1.82, 2.24) is 0 Å². The molecule has 3 rings (SSSR count). The molecule has 3 nitrogen and oxygen atoms in total. The summed E-state index contributed by atoms with van der Waals surface area (Å²) in [5.41, 5.74) is 6.45. The van der Waals surface area contributed by atoms with Crippen LogP contribution in [0.3, 0.4) is 0 Å². The van der Waals surface area contributed by atoms with Gasteiger partial charge in [0.05, 0.1) is 16.1 Å². The van der Waals surface area contributed by atoms with Crippen molar-refractivity contribution in [3.8, 4) is 28.2 Å².